The summed E-state index contributed by atoms with van der Waals surface area (Å²) in [6.07, 6.45) is 2.61. The number of rotatable bonds is 5. The largest absolute Gasteiger partial charge is 0.303 e. The van der Waals surface area contributed by atoms with E-state index in [9.17, 15) is 0 Å². The Balaban J connectivity index is 1.94. The van der Waals surface area contributed by atoms with E-state index in [1.54, 1.807) is 0 Å². The van der Waals surface area contributed by atoms with Crippen LogP contribution in [0.15, 0.2) is 48.5 Å². The zero-order valence-electron chi connectivity index (χ0n) is 13.3. The maximum atomic E-state index is 3.89. The molecule has 0 heterocycles. The Morgan fingerprint density at radius 3 is 2.52 bits per heavy atom. The van der Waals surface area contributed by atoms with Crippen LogP contribution in [0.4, 0.5) is 0 Å². The standard InChI is InChI=1S/C20H25N/c1-4-16-13-19(16)21-20(17-8-6-5-7-9-17)18-12-14(2)10-11-15(18)3/h5-12,16,19-21H,4,13H2,1-3H3. The van der Waals surface area contributed by atoms with Crippen molar-refractivity contribution in [2.24, 2.45) is 5.92 Å². The van der Waals surface area contributed by atoms with Crippen LogP contribution < -0.4 is 5.32 Å². The quantitative estimate of drug-likeness (QED) is 0.830. The molecule has 0 spiro atoms. The summed E-state index contributed by atoms with van der Waals surface area (Å²) < 4.78 is 0. The molecule has 1 saturated carbocycles. The first kappa shape index (κ1) is 14.3. The van der Waals surface area contributed by atoms with Crippen LogP contribution in [0.25, 0.3) is 0 Å². The summed E-state index contributed by atoms with van der Waals surface area (Å²) in [7, 11) is 0. The Hall–Kier alpha value is -1.60. The SMILES string of the molecule is CCC1CC1NC(c1ccccc1)c1cc(C)ccc1C. The van der Waals surface area contributed by atoms with Gasteiger partial charge in [-0.05, 0) is 42.9 Å². The van der Waals surface area contributed by atoms with Crippen LogP contribution >= 0.6 is 0 Å². The Kier molecular flexibility index (Phi) is 4.12. The molecule has 0 amide bonds. The normalized spacial score (nSPS) is 22.0. The fourth-order valence-electron chi connectivity index (χ4n) is 3.20. The molecular formula is C20H25N. The molecule has 0 bridgehead atoms. The van der Waals surface area contributed by atoms with Crippen molar-refractivity contribution >= 4 is 0 Å². The first-order chi connectivity index (χ1) is 10.2. The second-order valence-electron chi connectivity index (χ2n) is 6.38. The minimum Gasteiger partial charge on any atom is -0.303 e. The van der Waals surface area contributed by atoms with Crippen molar-refractivity contribution in [2.45, 2.75) is 45.7 Å². The molecule has 21 heavy (non-hydrogen) atoms. The summed E-state index contributed by atoms with van der Waals surface area (Å²) >= 11 is 0. The van der Waals surface area contributed by atoms with Crippen LogP contribution in [0.2, 0.25) is 0 Å². The lowest BCUT2D eigenvalue weighted by Gasteiger charge is -2.22. The molecule has 1 nitrogen and oxygen atoms in total. The topological polar surface area (TPSA) is 12.0 Å². The first-order valence-corrected chi connectivity index (χ1v) is 8.07. The molecule has 0 aliphatic heterocycles. The maximum absolute atomic E-state index is 3.89. The smallest absolute Gasteiger partial charge is 0.0581 e. The van der Waals surface area contributed by atoms with Crippen molar-refractivity contribution in [3.8, 4) is 0 Å². The van der Waals surface area contributed by atoms with E-state index in [-0.39, 0.29) is 0 Å². The Morgan fingerprint density at radius 1 is 1.10 bits per heavy atom. The highest BCUT2D eigenvalue weighted by Gasteiger charge is 2.37. The lowest BCUT2D eigenvalue weighted by atomic mass is 9.93. The van der Waals surface area contributed by atoms with Crippen LogP contribution in [0, 0.1) is 19.8 Å². The highest BCUT2D eigenvalue weighted by Crippen LogP contribution is 2.37. The molecule has 1 aliphatic carbocycles. The molecule has 1 aliphatic rings. The van der Waals surface area contributed by atoms with E-state index >= 15 is 0 Å². The lowest BCUT2D eigenvalue weighted by molar-refractivity contribution is 0.561. The average molecular weight is 279 g/mol. The number of hydrogen-bond donors (Lipinski definition) is 1. The number of benzene rings is 2. The summed E-state index contributed by atoms with van der Waals surface area (Å²) in [5, 5.41) is 3.89. The van der Waals surface area contributed by atoms with Crippen molar-refractivity contribution in [2.75, 3.05) is 0 Å². The molecule has 0 aromatic heterocycles. The zero-order valence-corrected chi connectivity index (χ0v) is 13.3. The van der Waals surface area contributed by atoms with Crippen molar-refractivity contribution in [3.05, 3.63) is 70.8 Å². The number of nitrogens with one attached hydrogen (secondary N) is 1. The van der Waals surface area contributed by atoms with Crippen LogP contribution in [-0.4, -0.2) is 6.04 Å². The van der Waals surface area contributed by atoms with Crippen LogP contribution in [0.3, 0.4) is 0 Å². The Bertz CT molecular complexity index is 602. The second-order valence-corrected chi connectivity index (χ2v) is 6.38. The van der Waals surface area contributed by atoms with Gasteiger partial charge in [0.05, 0.1) is 6.04 Å². The minimum absolute atomic E-state index is 0.313. The Labute approximate surface area is 128 Å². The molecule has 1 fully saturated rings. The van der Waals surface area contributed by atoms with Crippen molar-refractivity contribution in [1.82, 2.24) is 5.32 Å². The molecular weight excluding hydrogens is 254 g/mol. The van der Waals surface area contributed by atoms with Gasteiger partial charge in [0.25, 0.3) is 0 Å². The molecule has 1 N–H and O–H groups in total. The van der Waals surface area contributed by atoms with Gasteiger partial charge in [0.2, 0.25) is 0 Å². The van der Waals surface area contributed by atoms with Crippen molar-refractivity contribution in [3.63, 3.8) is 0 Å². The van der Waals surface area contributed by atoms with E-state index in [2.05, 4.69) is 74.6 Å². The van der Waals surface area contributed by atoms with Gasteiger partial charge in [-0.25, -0.2) is 0 Å². The second kappa shape index (κ2) is 6.03. The van der Waals surface area contributed by atoms with Gasteiger partial charge in [0, 0.05) is 6.04 Å². The summed E-state index contributed by atoms with van der Waals surface area (Å²) in [4.78, 5) is 0. The third-order valence-corrected chi connectivity index (χ3v) is 4.71. The van der Waals surface area contributed by atoms with E-state index in [4.69, 9.17) is 0 Å². The molecule has 3 atom stereocenters. The molecule has 2 aromatic carbocycles. The lowest BCUT2D eigenvalue weighted by Crippen LogP contribution is -2.26. The van der Waals surface area contributed by atoms with Gasteiger partial charge < -0.3 is 5.32 Å². The monoisotopic (exact) mass is 279 g/mol. The van der Waals surface area contributed by atoms with Crippen LogP contribution in [-0.2, 0) is 0 Å². The third-order valence-electron chi connectivity index (χ3n) is 4.71. The molecule has 1 heteroatoms. The zero-order chi connectivity index (χ0) is 14.8. The van der Waals surface area contributed by atoms with Gasteiger partial charge in [-0.1, -0.05) is 67.4 Å². The van der Waals surface area contributed by atoms with Crippen LogP contribution in [0.1, 0.15) is 48.1 Å². The van der Waals surface area contributed by atoms with Gasteiger partial charge in [-0.2, -0.15) is 0 Å². The van der Waals surface area contributed by atoms with Crippen LogP contribution in [0.5, 0.6) is 0 Å². The molecule has 3 unspecified atom stereocenters. The number of hydrogen-bond acceptors (Lipinski definition) is 1. The molecule has 110 valence electrons. The van der Waals surface area contributed by atoms with Gasteiger partial charge in [-0.3, -0.25) is 0 Å². The molecule has 3 rings (SSSR count). The van der Waals surface area contributed by atoms with E-state index in [0.29, 0.717) is 12.1 Å². The van der Waals surface area contributed by atoms with Gasteiger partial charge in [0.15, 0.2) is 0 Å². The molecule has 0 saturated heterocycles. The predicted octanol–water partition coefficient (Wildman–Crippen LogP) is 4.78. The summed E-state index contributed by atoms with van der Waals surface area (Å²) in [5.74, 6) is 0.862. The molecule has 2 aromatic rings. The van der Waals surface area contributed by atoms with Crippen molar-refractivity contribution in [1.29, 1.82) is 0 Å². The minimum atomic E-state index is 0.313. The number of aryl methyl sites for hydroxylation is 2. The summed E-state index contributed by atoms with van der Waals surface area (Å²) in [5.41, 5.74) is 5.49. The van der Waals surface area contributed by atoms with Gasteiger partial charge >= 0.3 is 0 Å². The van der Waals surface area contributed by atoms with Crippen molar-refractivity contribution < 1.29 is 0 Å². The first-order valence-electron chi connectivity index (χ1n) is 8.07. The highest BCUT2D eigenvalue weighted by atomic mass is 15.0. The van der Waals surface area contributed by atoms with E-state index in [1.165, 1.54) is 35.1 Å². The third kappa shape index (κ3) is 3.19. The van der Waals surface area contributed by atoms with E-state index < -0.39 is 0 Å². The van der Waals surface area contributed by atoms with Gasteiger partial charge in [0.1, 0.15) is 0 Å². The molecule has 0 radical (unpaired) electrons. The van der Waals surface area contributed by atoms with E-state index in [0.717, 1.165) is 5.92 Å². The van der Waals surface area contributed by atoms with E-state index in [1.807, 2.05) is 0 Å². The average Bonchev–Trinajstić information content (AvgIpc) is 3.27. The highest BCUT2D eigenvalue weighted by molar-refractivity contribution is 5.39. The predicted molar refractivity (Wildman–Crippen MR) is 89.5 cm³/mol. The summed E-state index contributed by atoms with van der Waals surface area (Å²) in [6, 6.07) is 18.6. The summed E-state index contributed by atoms with van der Waals surface area (Å²) in [6.45, 7) is 6.69. The van der Waals surface area contributed by atoms with Gasteiger partial charge in [-0.15, -0.1) is 0 Å². The fourth-order valence-corrected chi connectivity index (χ4v) is 3.20. The Morgan fingerprint density at radius 2 is 1.86 bits per heavy atom. The maximum Gasteiger partial charge on any atom is 0.0581 e. The fraction of sp³-hybridized carbons (Fsp3) is 0.400.